The van der Waals surface area contributed by atoms with Gasteiger partial charge >= 0.3 is 6.03 Å². The summed E-state index contributed by atoms with van der Waals surface area (Å²) < 4.78 is 42.7. The highest BCUT2D eigenvalue weighted by Crippen LogP contribution is 2.52. The van der Waals surface area contributed by atoms with E-state index in [4.69, 9.17) is 0 Å². The van der Waals surface area contributed by atoms with Crippen LogP contribution in [0.1, 0.15) is 36.6 Å². The average Bonchev–Trinajstić information content (AvgIpc) is 3.51. The van der Waals surface area contributed by atoms with Crippen LogP contribution in [0, 0.1) is 5.82 Å². The number of amides is 2. The molecule has 5 nitrogen and oxygen atoms in total. The van der Waals surface area contributed by atoms with Crippen molar-refractivity contribution >= 4 is 22.0 Å². The maximum absolute atomic E-state index is 14.0. The number of urea groups is 1. The molecule has 1 aromatic heterocycles. The van der Waals surface area contributed by atoms with Gasteiger partial charge in [0.1, 0.15) is 11.9 Å². The summed E-state index contributed by atoms with van der Waals surface area (Å²) in [5, 5.41) is 6.71. The highest BCUT2D eigenvalue weighted by molar-refractivity contribution is 9.10. The molecule has 1 atom stereocenters. The molecule has 2 saturated carbocycles. The van der Waals surface area contributed by atoms with E-state index in [1.165, 1.54) is 16.9 Å². The molecule has 4 rings (SSSR count). The Labute approximate surface area is 162 Å². The molecule has 2 aromatic rings. The number of alkyl halides is 2. The molecule has 1 unspecified atom stereocenters. The van der Waals surface area contributed by atoms with Gasteiger partial charge in [-0.3, -0.25) is 4.68 Å². The number of nitrogens with one attached hydrogen (secondary N) is 1. The number of hydrogen-bond donors (Lipinski definition) is 1. The van der Waals surface area contributed by atoms with Crippen LogP contribution in [-0.4, -0.2) is 32.7 Å². The number of benzene rings is 1. The van der Waals surface area contributed by atoms with E-state index in [0.717, 1.165) is 17.3 Å². The largest absolute Gasteiger partial charge is 0.332 e. The summed E-state index contributed by atoms with van der Waals surface area (Å²) in [7, 11) is 0. The summed E-state index contributed by atoms with van der Waals surface area (Å²) in [5.74, 6) is -3.10. The lowest BCUT2D eigenvalue weighted by Gasteiger charge is -2.23. The van der Waals surface area contributed by atoms with Crippen LogP contribution in [0.4, 0.5) is 18.0 Å². The molecule has 1 heterocycles. The molecule has 144 valence electrons. The van der Waals surface area contributed by atoms with Crippen molar-refractivity contribution in [1.82, 2.24) is 20.0 Å². The normalized spacial score (nSPS) is 20.4. The Bertz CT molecular complexity index is 868. The van der Waals surface area contributed by atoms with E-state index >= 15 is 0 Å². The molecule has 0 spiro atoms. The topological polar surface area (TPSA) is 50.2 Å². The number of rotatable bonds is 6. The Hall–Kier alpha value is -2.03. The third-order valence-corrected chi connectivity index (χ3v) is 5.35. The van der Waals surface area contributed by atoms with Gasteiger partial charge in [0.25, 0.3) is 5.92 Å². The summed E-state index contributed by atoms with van der Waals surface area (Å²) >= 11 is 3.31. The van der Waals surface area contributed by atoms with Gasteiger partial charge in [0.05, 0.1) is 18.8 Å². The summed E-state index contributed by atoms with van der Waals surface area (Å²) in [5.41, 5.74) is 0.948. The third-order valence-electron chi connectivity index (χ3n) is 4.86. The molecule has 1 aromatic carbocycles. The van der Waals surface area contributed by atoms with E-state index < -0.39 is 12.0 Å². The van der Waals surface area contributed by atoms with Crippen LogP contribution in [0.2, 0.25) is 0 Å². The van der Waals surface area contributed by atoms with Crippen molar-refractivity contribution in [3.8, 4) is 0 Å². The predicted molar refractivity (Wildman–Crippen MR) is 95.7 cm³/mol. The number of aromatic nitrogens is 2. The van der Waals surface area contributed by atoms with E-state index in [2.05, 4.69) is 26.3 Å². The minimum atomic E-state index is -2.73. The molecular formula is C18H18BrF3N4O. The first-order chi connectivity index (χ1) is 12.8. The van der Waals surface area contributed by atoms with Crippen molar-refractivity contribution < 1.29 is 18.0 Å². The molecule has 0 saturated heterocycles. The van der Waals surface area contributed by atoms with E-state index in [9.17, 15) is 18.0 Å². The zero-order valence-corrected chi connectivity index (χ0v) is 15.9. The quantitative estimate of drug-likeness (QED) is 0.727. The zero-order valence-electron chi connectivity index (χ0n) is 14.3. The molecule has 1 N–H and O–H groups in total. The van der Waals surface area contributed by atoms with Crippen molar-refractivity contribution in [2.75, 3.05) is 0 Å². The Morgan fingerprint density at radius 1 is 1.37 bits per heavy atom. The van der Waals surface area contributed by atoms with Crippen LogP contribution in [0.15, 0.2) is 34.9 Å². The van der Waals surface area contributed by atoms with Crippen molar-refractivity contribution in [2.24, 2.45) is 0 Å². The minimum absolute atomic E-state index is 0.0704. The molecule has 9 heteroatoms. The molecule has 0 aliphatic heterocycles. The van der Waals surface area contributed by atoms with Gasteiger partial charge in [0.2, 0.25) is 0 Å². The lowest BCUT2D eigenvalue weighted by atomic mass is 10.2. The zero-order chi connectivity index (χ0) is 19.2. The van der Waals surface area contributed by atoms with Crippen LogP contribution in [-0.2, 0) is 13.1 Å². The van der Waals surface area contributed by atoms with Gasteiger partial charge < -0.3 is 10.2 Å². The predicted octanol–water partition coefficient (Wildman–Crippen LogP) is 4.24. The lowest BCUT2D eigenvalue weighted by molar-refractivity contribution is 0.0976. The maximum Gasteiger partial charge on any atom is 0.318 e. The molecule has 27 heavy (non-hydrogen) atoms. The summed E-state index contributed by atoms with van der Waals surface area (Å²) in [6.07, 6.45) is 2.96. The number of nitrogens with zero attached hydrogens (tertiary/aromatic N) is 3. The monoisotopic (exact) mass is 442 g/mol. The van der Waals surface area contributed by atoms with Crippen molar-refractivity contribution in [2.45, 2.75) is 50.4 Å². The summed E-state index contributed by atoms with van der Waals surface area (Å²) in [4.78, 5) is 14.2. The summed E-state index contributed by atoms with van der Waals surface area (Å²) in [6, 6.07) is 5.03. The Morgan fingerprint density at radius 3 is 2.78 bits per heavy atom. The van der Waals surface area contributed by atoms with Gasteiger partial charge in [-0.25, -0.2) is 18.0 Å². The number of hydrogen-bond acceptors (Lipinski definition) is 2. The molecule has 2 aliphatic rings. The number of halogens is 4. The number of carbonyl (C=O) groups is 1. The first kappa shape index (κ1) is 18.3. The smallest absolute Gasteiger partial charge is 0.318 e. The fraction of sp³-hybridized carbons (Fsp3) is 0.444. The summed E-state index contributed by atoms with van der Waals surface area (Å²) in [6.45, 7) is 0.247. The fourth-order valence-corrected chi connectivity index (χ4v) is 3.50. The third kappa shape index (κ3) is 3.97. The second kappa shape index (κ2) is 6.85. The molecule has 0 radical (unpaired) electrons. The van der Waals surface area contributed by atoms with Crippen molar-refractivity contribution in [1.29, 1.82) is 0 Å². The van der Waals surface area contributed by atoms with Crippen LogP contribution < -0.4 is 5.32 Å². The standard InChI is InChI=1S/C18H18BrF3N4O/c19-12-1-4-15(20)11(7-12)10-25(13-2-3-13)17(27)23-9-14-5-6-24-26(14)16-8-18(16,21)22/h1,4-7,13,16H,2-3,8-10H2,(H,23,27). The van der Waals surface area contributed by atoms with Crippen molar-refractivity contribution in [3.05, 3.63) is 52.0 Å². The second-order valence-electron chi connectivity index (χ2n) is 7.00. The van der Waals surface area contributed by atoms with Crippen LogP contribution in [0.25, 0.3) is 0 Å². The number of carbonyl (C=O) groups excluding carboxylic acids is 1. The highest BCUT2D eigenvalue weighted by atomic mass is 79.9. The van der Waals surface area contributed by atoms with Gasteiger partial charge in [-0.1, -0.05) is 15.9 Å². The second-order valence-corrected chi connectivity index (χ2v) is 7.92. The Balaban J connectivity index is 1.42. The van der Waals surface area contributed by atoms with Gasteiger partial charge in [-0.05, 0) is 37.1 Å². The molecule has 2 fully saturated rings. The average molecular weight is 443 g/mol. The van der Waals surface area contributed by atoms with Crippen LogP contribution >= 0.6 is 15.9 Å². The van der Waals surface area contributed by atoms with E-state index in [-0.39, 0.29) is 37.4 Å². The Morgan fingerprint density at radius 2 is 2.11 bits per heavy atom. The van der Waals surface area contributed by atoms with E-state index in [1.807, 2.05) is 0 Å². The first-order valence-electron chi connectivity index (χ1n) is 8.74. The first-order valence-corrected chi connectivity index (χ1v) is 9.53. The molecular weight excluding hydrogens is 425 g/mol. The van der Waals surface area contributed by atoms with Gasteiger partial charge in [-0.15, -0.1) is 0 Å². The Kier molecular flexibility index (Phi) is 4.65. The van der Waals surface area contributed by atoms with Crippen LogP contribution in [0.5, 0.6) is 0 Å². The molecule has 2 aliphatic carbocycles. The van der Waals surface area contributed by atoms with E-state index in [0.29, 0.717) is 11.3 Å². The van der Waals surface area contributed by atoms with Crippen molar-refractivity contribution in [3.63, 3.8) is 0 Å². The van der Waals surface area contributed by atoms with Crippen LogP contribution in [0.3, 0.4) is 0 Å². The lowest BCUT2D eigenvalue weighted by Crippen LogP contribution is -2.41. The van der Waals surface area contributed by atoms with Gasteiger partial charge in [0.15, 0.2) is 0 Å². The van der Waals surface area contributed by atoms with E-state index in [1.54, 1.807) is 23.1 Å². The van der Waals surface area contributed by atoms with Gasteiger partial charge in [0, 0.05) is 28.7 Å². The minimum Gasteiger partial charge on any atom is -0.332 e. The molecule has 2 amide bonds. The maximum atomic E-state index is 14.0. The van der Waals surface area contributed by atoms with Gasteiger partial charge in [-0.2, -0.15) is 5.10 Å². The fourth-order valence-electron chi connectivity index (χ4n) is 3.10. The highest BCUT2D eigenvalue weighted by Gasteiger charge is 2.59. The SMILES string of the molecule is O=C(NCc1ccnn1C1CC1(F)F)N(Cc1cc(Br)ccc1F)C1CC1. The molecule has 0 bridgehead atoms.